The molecular weight excluding hydrogens is 208 g/mol. The molecule has 17 heavy (non-hydrogen) atoms. The summed E-state index contributed by atoms with van der Waals surface area (Å²) in [7, 11) is 2.10. The van der Waals surface area contributed by atoms with Crippen LogP contribution in [0.3, 0.4) is 0 Å². The van der Waals surface area contributed by atoms with E-state index in [4.69, 9.17) is 0 Å². The summed E-state index contributed by atoms with van der Waals surface area (Å²) in [5.41, 5.74) is 2.57. The molecule has 1 heterocycles. The van der Waals surface area contributed by atoms with E-state index >= 15 is 0 Å². The number of nitrogens with one attached hydrogen (secondary N) is 1. The van der Waals surface area contributed by atoms with Gasteiger partial charge in [0, 0.05) is 18.2 Å². The number of nitrogens with zero attached hydrogens (tertiary/aromatic N) is 1. The molecule has 2 aromatic rings. The van der Waals surface area contributed by atoms with Crippen molar-refractivity contribution in [3.8, 4) is 0 Å². The second kappa shape index (κ2) is 4.36. The molecule has 0 spiro atoms. The average Bonchev–Trinajstić information content (AvgIpc) is 2.86. The highest BCUT2D eigenvalue weighted by Gasteiger charge is 2.16. The first-order valence-corrected chi connectivity index (χ1v) is 6.48. The Morgan fingerprint density at radius 1 is 1.12 bits per heavy atom. The Balaban J connectivity index is 2.01. The zero-order valence-corrected chi connectivity index (χ0v) is 10.3. The predicted octanol–water partition coefficient (Wildman–Crippen LogP) is 3.02. The van der Waals surface area contributed by atoms with Gasteiger partial charge in [0.25, 0.3) is 0 Å². The summed E-state index contributed by atoms with van der Waals surface area (Å²) in [6.07, 6.45) is 7.51. The fraction of sp³-hybridized carbons (Fsp3) is 0.400. The minimum Gasteiger partial charge on any atom is -0.381 e. The molecule has 0 atom stereocenters. The molecule has 0 radical (unpaired) electrons. The summed E-state index contributed by atoms with van der Waals surface area (Å²) in [5.74, 6) is 0. The van der Waals surface area contributed by atoms with Gasteiger partial charge in [-0.05, 0) is 18.9 Å². The zero-order chi connectivity index (χ0) is 11.7. The van der Waals surface area contributed by atoms with Crippen molar-refractivity contribution in [1.82, 2.24) is 0 Å². The Labute approximate surface area is 102 Å². The van der Waals surface area contributed by atoms with E-state index in [1.807, 2.05) is 0 Å². The van der Waals surface area contributed by atoms with Crippen LogP contribution in [0.25, 0.3) is 10.9 Å². The highest BCUT2D eigenvalue weighted by Crippen LogP contribution is 2.26. The maximum atomic E-state index is 3.70. The largest absolute Gasteiger partial charge is 0.381 e. The molecule has 0 bridgehead atoms. The first kappa shape index (κ1) is 10.6. The molecule has 2 heteroatoms. The lowest BCUT2D eigenvalue weighted by molar-refractivity contribution is -0.644. The van der Waals surface area contributed by atoms with E-state index in [0.29, 0.717) is 6.04 Å². The number of fused-ring (bicyclic) bond motifs is 1. The quantitative estimate of drug-likeness (QED) is 0.780. The topological polar surface area (TPSA) is 15.9 Å². The summed E-state index contributed by atoms with van der Waals surface area (Å²) in [4.78, 5) is 0. The molecule has 88 valence electrons. The first-order chi connectivity index (χ1) is 8.34. The minimum atomic E-state index is 0.672. The average molecular weight is 227 g/mol. The molecule has 2 nitrogen and oxygen atoms in total. The van der Waals surface area contributed by atoms with Crippen LogP contribution in [0.15, 0.2) is 36.5 Å². The van der Waals surface area contributed by atoms with Crippen molar-refractivity contribution in [2.45, 2.75) is 31.7 Å². The maximum absolute atomic E-state index is 3.70. The fourth-order valence-electron chi connectivity index (χ4n) is 2.78. The standard InChI is InChI=1S/C15H18N2/c1-17-11-10-14(16-12-6-2-3-7-12)13-8-4-5-9-15(13)17/h4-5,8-12H,2-3,6-7H2,1H3/p+1. The monoisotopic (exact) mass is 227 g/mol. The van der Waals surface area contributed by atoms with Crippen molar-refractivity contribution in [2.75, 3.05) is 5.32 Å². The lowest BCUT2D eigenvalue weighted by Crippen LogP contribution is -2.28. The lowest BCUT2D eigenvalue weighted by atomic mass is 10.1. The van der Waals surface area contributed by atoms with Gasteiger partial charge in [0.1, 0.15) is 7.05 Å². The van der Waals surface area contributed by atoms with E-state index in [-0.39, 0.29) is 0 Å². The highest BCUT2D eigenvalue weighted by molar-refractivity contribution is 5.88. The van der Waals surface area contributed by atoms with Gasteiger partial charge in [-0.1, -0.05) is 25.0 Å². The van der Waals surface area contributed by atoms with E-state index in [9.17, 15) is 0 Å². The molecule has 3 rings (SSSR count). The summed E-state index contributed by atoms with van der Waals surface area (Å²) >= 11 is 0. The van der Waals surface area contributed by atoms with Crippen LogP contribution >= 0.6 is 0 Å². The lowest BCUT2D eigenvalue weighted by Gasteiger charge is -2.14. The molecule has 1 saturated carbocycles. The van der Waals surface area contributed by atoms with E-state index < -0.39 is 0 Å². The highest BCUT2D eigenvalue weighted by atomic mass is 15.0. The van der Waals surface area contributed by atoms with Crippen LogP contribution in [0.4, 0.5) is 5.69 Å². The zero-order valence-electron chi connectivity index (χ0n) is 10.3. The molecular formula is C15H19N2+. The Bertz CT molecular complexity index is 527. The molecule has 0 saturated heterocycles. The Morgan fingerprint density at radius 2 is 1.88 bits per heavy atom. The van der Waals surface area contributed by atoms with Crippen molar-refractivity contribution < 1.29 is 4.57 Å². The Morgan fingerprint density at radius 3 is 2.71 bits per heavy atom. The summed E-state index contributed by atoms with van der Waals surface area (Å²) in [6.45, 7) is 0. The number of pyridine rings is 1. The van der Waals surface area contributed by atoms with Crippen LogP contribution in [0.1, 0.15) is 25.7 Å². The molecule has 1 aliphatic carbocycles. The van der Waals surface area contributed by atoms with Crippen LogP contribution < -0.4 is 9.88 Å². The van der Waals surface area contributed by atoms with Gasteiger partial charge in [0.2, 0.25) is 5.52 Å². The number of aromatic nitrogens is 1. The van der Waals surface area contributed by atoms with Gasteiger partial charge in [0.15, 0.2) is 6.20 Å². The maximum Gasteiger partial charge on any atom is 0.214 e. The van der Waals surface area contributed by atoms with Gasteiger partial charge in [-0.2, -0.15) is 0 Å². The molecule has 1 fully saturated rings. The fourth-order valence-corrected chi connectivity index (χ4v) is 2.78. The van der Waals surface area contributed by atoms with Crippen molar-refractivity contribution in [3.05, 3.63) is 36.5 Å². The van der Waals surface area contributed by atoms with Gasteiger partial charge < -0.3 is 5.32 Å². The summed E-state index contributed by atoms with van der Waals surface area (Å²) in [5, 5.41) is 5.02. The third-order valence-electron chi connectivity index (χ3n) is 3.75. The molecule has 1 N–H and O–H groups in total. The number of aryl methyl sites for hydroxylation is 1. The van der Waals surface area contributed by atoms with E-state index in [0.717, 1.165) is 0 Å². The van der Waals surface area contributed by atoms with E-state index in [2.05, 4.69) is 53.5 Å². The second-order valence-corrected chi connectivity index (χ2v) is 4.98. The number of para-hydroxylation sites is 1. The number of benzene rings is 1. The number of anilines is 1. The van der Waals surface area contributed by atoms with Crippen LogP contribution in [0.2, 0.25) is 0 Å². The summed E-state index contributed by atoms with van der Waals surface area (Å²) in [6, 6.07) is 11.5. The smallest absolute Gasteiger partial charge is 0.214 e. The molecule has 0 aliphatic heterocycles. The van der Waals surface area contributed by atoms with Crippen molar-refractivity contribution in [1.29, 1.82) is 0 Å². The molecule has 1 aromatic carbocycles. The number of rotatable bonds is 2. The number of hydrogen-bond donors (Lipinski definition) is 1. The Kier molecular flexibility index (Phi) is 2.71. The third-order valence-corrected chi connectivity index (χ3v) is 3.75. The first-order valence-electron chi connectivity index (χ1n) is 6.48. The van der Waals surface area contributed by atoms with E-state index in [1.54, 1.807) is 0 Å². The second-order valence-electron chi connectivity index (χ2n) is 4.98. The van der Waals surface area contributed by atoms with Crippen molar-refractivity contribution >= 4 is 16.6 Å². The molecule has 0 unspecified atom stereocenters. The number of hydrogen-bond acceptors (Lipinski definition) is 1. The van der Waals surface area contributed by atoms with Crippen molar-refractivity contribution in [3.63, 3.8) is 0 Å². The van der Waals surface area contributed by atoms with Gasteiger partial charge in [-0.25, -0.2) is 4.57 Å². The predicted molar refractivity (Wildman–Crippen MR) is 71.0 cm³/mol. The van der Waals surface area contributed by atoms with Crippen LogP contribution in [-0.4, -0.2) is 6.04 Å². The van der Waals surface area contributed by atoms with Crippen LogP contribution in [0.5, 0.6) is 0 Å². The van der Waals surface area contributed by atoms with Gasteiger partial charge in [-0.3, -0.25) is 0 Å². The molecule has 0 amide bonds. The third kappa shape index (κ3) is 1.99. The van der Waals surface area contributed by atoms with Gasteiger partial charge >= 0.3 is 0 Å². The summed E-state index contributed by atoms with van der Waals surface area (Å²) < 4.78 is 2.18. The van der Waals surface area contributed by atoms with Crippen molar-refractivity contribution in [2.24, 2.45) is 7.05 Å². The van der Waals surface area contributed by atoms with Crippen LogP contribution in [-0.2, 0) is 7.05 Å². The van der Waals surface area contributed by atoms with E-state index in [1.165, 1.54) is 42.3 Å². The Hall–Kier alpha value is -1.57. The van der Waals surface area contributed by atoms with Gasteiger partial charge in [0.05, 0.1) is 11.1 Å². The van der Waals surface area contributed by atoms with Crippen LogP contribution in [0, 0.1) is 0 Å². The molecule has 1 aromatic heterocycles. The minimum absolute atomic E-state index is 0.672. The normalized spacial score (nSPS) is 16.5. The molecule has 1 aliphatic rings. The van der Waals surface area contributed by atoms with Gasteiger partial charge in [-0.15, -0.1) is 0 Å². The SMILES string of the molecule is C[n+]1ccc(NC2CCCC2)c2ccccc21.